The van der Waals surface area contributed by atoms with Gasteiger partial charge in [-0.25, -0.2) is 4.79 Å². The van der Waals surface area contributed by atoms with Crippen LogP contribution in [0.15, 0.2) is 16.8 Å². The van der Waals surface area contributed by atoms with Crippen LogP contribution in [0.25, 0.3) is 0 Å². The zero-order valence-corrected chi connectivity index (χ0v) is 15.6. The smallest absolute Gasteiger partial charge is 0.340 e. The molecular weight excluding hydrogens is 324 g/mol. The molecule has 2 heterocycles. The molecule has 2 aromatic heterocycles. The average molecular weight is 348 g/mol. The number of carbonyl (C=O) groups excluding carboxylic acids is 2. The van der Waals surface area contributed by atoms with Crippen molar-refractivity contribution >= 4 is 23.1 Å². The van der Waals surface area contributed by atoms with E-state index in [0.717, 1.165) is 0 Å². The molecule has 130 valence electrons. The predicted octanol–water partition coefficient (Wildman–Crippen LogP) is 3.57. The molecule has 2 aromatic rings. The second-order valence-corrected chi connectivity index (χ2v) is 6.71. The first-order valence-corrected chi connectivity index (χ1v) is 8.92. The number of nitrogens with one attached hydrogen (secondary N) is 1. The first-order chi connectivity index (χ1) is 11.4. The highest BCUT2D eigenvalue weighted by molar-refractivity contribution is 7.07. The van der Waals surface area contributed by atoms with Crippen LogP contribution in [-0.4, -0.2) is 41.3 Å². The molecule has 0 aliphatic carbocycles. The molecule has 0 saturated heterocycles. The third kappa shape index (κ3) is 3.76. The summed E-state index contributed by atoms with van der Waals surface area (Å²) < 4.78 is 5.08. The highest BCUT2D eigenvalue weighted by Gasteiger charge is 2.27. The van der Waals surface area contributed by atoms with Gasteiger partial charge < -0.3 is 9.72 Å². The lowest BCUT2D eigenvalue weighted by Crippen LogP contribution is -2.36. The number of esters is 1. The second kappa shape index (κ2) is 7.77. The fourth-order valence-corrected chi connectivity index (χ4v) is 3.38. The Morgan fingerprint density at radius 1 is 1.38 bits per heavy atom. The Morgan fingerprint density at radius 2 is 2.08 bits per heavy atom. The molecule has 2 rings (SSSR count). The molecule has 1 N–H and O–H groups in total. The predicted molar refractivity (Wildman–Crippen MR) is 95.8 cm³/mol. The van der Waals surface area contributed by atoms with Gasteiger partial charge >= 0.3 is 5.97 Å². The van der Waals surface area contributed by atoms with Crippen LogP contribution in [0.5, 0.6) is 0 Å². The highest BCUT2D eigenvalue weighted by atomic mass is 32.1. The summed E-state index contributed by atoms with van der Waals surface area (Å²) in [5.41, 5.74) is 3.47. The largest absolute Gasteiger partial charge is 0.462 e. The van der Waals surface area contributed by atoms with Gasteiger partial charge in [0.15, 0.2) is 5.78 Å². The number of ketones is 1. The number of Topliss-reactive ketones (excluding diaryl/α,β-unsaturated/α-hetero) is 1. The summed E-state index contributed by atoms with van der Waals surface area (Å²) in [7, 11) is 1.93. The number of likely N-dealkylation sites (N-methyl/N-ethyl adjacent to an activating group) is 1. The van der Waals surface area contributed by atoms with E-state index in [-0.39, 0.29) is 17.8 Å². The normalized spacial score (nSPS) is 12.4. The maximum absolute atomic E-state index is 12.9. The molecule has 0 bridgehead atoms. The molecule has 24 heavy (non-hydrogen) atoms. The topological polar surface area (TPSA) is 62.4 Å². The number of aromatic nitrogens is 1. The number of thiophene rings is 1. The van der Waals surface area contributed by atoms with Gasteiger partial charge in [-0.1, -0.05) is 0 Å². The van der Waals surface area contributed by atoms with Crippen LogP contribution in [0, 0.1) is 13.8 Å². The van der Waals surface area contributed by atoms with Crippen molar-refractivity contribution in [1.29, 1.82) is 0 Å². The minimum atomic E-state index is -0.387. The molecule has 0 unspecified atom stereocenters. The standard InChI is InChI=1S/C18H24N2O3S/c1-6-23-18(22)15-11(2)16(19-12(15)3)17(21)13(4)20(5)9-14-7-8-24-10-14/h7-8,10,13,19H,6,9H2,1-5H3/t13-/m1/s1. The second-order valence-electron chi connectivity index (χ2n) is 5.93. The fraction of sp³-hybridized carbons (Fsp3) is 0.444. The van der Waals surface area contributed by atoms with Gasteiger partial charge in [0.05, 0.1) is 23.9 Å². The molecule has 1 atom stereocenters. The van der Waals surface area contributed by atoms with E-state index >= 15 is 0 Å². The molecule has 6 heteroatoms. The van der Waals surface area contributed by atoms with Crippen molar-refractivity contribution in [2.24, 2.45) is 0 Å². The first kappa shape index (κ1) is 18.4. The zero-order chi connectivity index (χ0) is 17.9. The summed E-state index contributed by atoms with van der Waals surface area (Å²) in [5, 5.41) is 4.11. The van der Waals surface area contributed by atoms with Gasteiger partial charge in [-0.05, 0) is 62.7 Å². The molecule has 0 fully saturated rings. The SMILES string of the molecule is CCOC(=O)c1c(C)[nH]c(C(=O)[C@@H](C)N(C)Cc2ccsc2)c1C. The molecule has 0 amide bonds. The summed E-state index contributed by atoms with van der Waals surface area (Å²) in [6.45, 7) is 8.24. The maximum atomic E-state index is 12.9. The maximum Gasteiger partial charge on any atom is 0.340 e. The van der Waals surface area contributed by atoms with Crippen molar-refractivity contribution < 1.29 is 14.3 Å². The molecule has 0 saturated carbocycles. The number of H-pyrrole nitrogens is 1. The number of hydrogen-bond donors (Lipinski definition) is 1. The van der Waals surface area contributed by atoms with E-state index in [9.17, 15) is 9.59 Å². The monoisotopic (exact) mass is 348 g/mol. The van der Waals surface area contributed by atoms with E-state index in [4.69, 9.17) is 4.74 Å². The van der Waals surface area contributed by atoms with Crippen molar-refractivity contribution in [3.8, 4) is 0 Å². The Labute approximate surface area is 146 Å². The van der Waals surface area contributed by atoms with Crippen molar-refractivity contribution in [1.82, 2.24) is 9.88 Å². The van der Waals surface area contributed by atoms with Crippen molar-refractivity contribution in [2.75, 3.05) is 13.7 Å². The van der Waals surface area contributed by atoms with Gasteiger partial charge in [-0.15, -0.1) is 0 Å². The van der Waals surface area contributed by atoms with Crippen LogP contribution in [0.1, 0.15) is 51.5 Å². The number of rotatable bonds is 7. The van der Waals surface area contributed by atoms with E-state index < -0.39 is 0 Å². The molecular formula is C18H24N2O3S. The number of nitrogens with zero attached hydrogens (tertiary/aromatic N) is 1. The number of carbonyl (C=O) groups is 2. The van der Waals surface area contributed by atoms with E-state index in [1.807, 2.05) is 24.3 Å². The van der Waals surface area contributed by atoms with Gasteiger partial charge in [0.25, 0.3) is 0 Å². The minimum absolute atomic E-state index is 0.0242. The number of aromatic amines is 1. The van der Waals surface area contributed by atoms with Gasteiger partial charge in [0.2, 0.25) is 0 Å². The summed E-state index contributed by atoms with van der Waals surface area (Å²) in [5.74, 6) is -0.411. The number of hydrogen-bond acceptors (Lipinski definition) is 5. The van der Waals surface area contributed by atoms with Crippen LogP contribution in [0.4, 0.5) is 0 Å². The molecule has 0 aliphatic heterocycles. The lowest BCUT2D eigenvalue weighted by atomic mass is 10.0. The van der Waals surface area contributed by atoms with E-state index in [1.54, 1.807) is 32.1 Å². The van der Waals surface area contributed by atoms with Gasteiger partial charge in [-0.3, -0.25) is 9.69 Å². The van der Waals surface area contributed by atoms with Gasteiger partial charge in [0, 0.05) is 12.2 Å². The molecule has 0 spiro atoms. The molecule has 0 aromatic carbocycles. The lowest BCUT2D eigenvalue weighted by Gasteiger charge is -2.23. The van der Waals surface area contributed by atoms with E-state index in [0.29, 0.717) is 35.7 Å². The van der Waals surface area contributed by atoms with Crippen LogP contribution in [0.2, 0.25) is 0 Å². The zero-order valence-electron chi connectivity index (χ0n) is 14.8. The summed E-state index contributed by atoms with van der Waals surface area (Å²) >= 11 is 1.64. The van der Waals surface area contributed by atoms with Crippen LogP contribution >= 0.6 is 11.3 Å². The van der Waals surface area contributed by atoms with E-state index in [2.05, 4.69) is 16.4 Å². The summed E-state index contributed by atoms with van der Waals surface area (Å²) in [4.78, 5) is 30.0. The Kier molecular flexibility index (Phi) is 5.96. The van der Waals surface area contributed by atoms with Crippen LogP contribution in [-0.2, 0) is 11.3 Å². The van der Waals surface area contributed by atoms with Crippen LogP contribution < -0.4 is 0 Å². The van der Waals surface area contributed by atoms with Gasteiger partial charge in [-0.2, -0.15) is 11.3 Å². The van der Waals surface area contributed by atoms with Crippen molar-refractivity contribution in [3.05, 3.63) is 44.9 Å². The fourth-order valence-electron chi connectivity index (χ4n) is 2.72. The molecule has 0 aliphatic rings. The minimum Gasteiger partial charge on any atom is -0.462 e. The Hall–Kier alpha value is -1.92. The quantitative estimate of drug-likeness (QED) is 0.614. The summed E-state index contributed by atoms with van der Waals surface area (Å²) in [6, 6.07) is 1.76. The van der Waals surface area contributed by atoms with Crippen LogP contribution in [0.3, 0.4) is 0 Å². The lowest BCUT2D eigenvalue weighted by molar-refractivity contribution is 0.0525. The van der Waals surface area contributed by atoms with Gasteiger partial charge in [0.1, 0.15) is 0 Å². The number of aryl methyl sites for hydroxylation is 1. The Balaban J connectivity index is 2.20. The van der Waals surface area contributed by atoms with E-state index in [1.165, 1.54) is 5.56 Å². The Bertz CT molecular complexity index is 719. The average Bonchev–Trinajstić information content (AvgIpc) is 3.14. The van der Waals surface area contributed by atoms with Crippen molar-refractivity contribution in [2.45, 2.75) is 40.3 Å². The third-order valence-electron chi connectivity index (χ3n) is 4.22. The first-order valence-electron chi connectivity index (χ1n) is 7.98. The molecule has 0 radical (unpaired) electrons. The Morgan fingerprint density at radius 3 is 2.67 bits per heavy atom. The number of ether oxygens (including phenoxy) is 1. The van der Waals surface area contributed by atoms with Crippen molar-refractivity contribution in [3.63, 3.8) is 0 Å². The molecule has 5 nitrogen and oxygen atoms in total. The third-order valence-corrected chi connectivity index (χ3v) is 4.95. The summed E-state index contributed by atoms with van der Waals surface area (Å²) in [6.07, 6.45) is 0. The highest BCUT2D eigenvalue weighted by Crippen LogP contribution is 2.22.